The fourth-order valence-corrected chi connectivity index (χ4v) is 1.94. The average molecular weight is 259 g/mol. The molecule has 0 aromatic carbocycles. The summed E-state index contributed by atoms with van der Waals surface area (Å²) >= 11 is 0. The highest BCUT2D eigenvalue weighted by Crippen LogP contribution is 2.14. The zero-order valence-electron chi connectivity index (χ0n) is 10.7. The molecule has 1 saturated heterocycles. The molecule has 0 radical (unpaired) electrons. The smallest absolute Gasteiger partial charge is 0.306 e. The molecule has 1 aliphatic rings. The van der Waals surface area contributed by atoms with Gasteiger partial charge < -0.3 is 19.9 Å². The van der Waals surface area contributed by atoms with Gasteiger partial charge in [-0.3, -0.25) is 9.59 Å². The number of nitrogens with one attached hydrogen (secondary N) is 1. The Kier molecular flexibility index (Phi) is 6.67. The highest BCUT2D eigenvalue weighted by molar-refractivity contribution is 5.78. The van der Waals surface area contributed by atoms with Crippen LogP contribution in [-0.4, -0.2) is 49.5 Å². The van der Waals surface area contributed by atoms with Gasteiger partial charge in [0.2, 0.25) is 5.91 Å². The Morgan fingerprint density at radius 1 is 1.44 bits per heavy atom. The van der Waals surface area contributed by atoms with Gasteiger partial charge in [-0.2, -0.15) is 0 Å². The Morgan fingerprint density at radius 3 is 2.67 bits per heavy atom. The summed E-state index contributed by atoms with van der Waals surface area (Å²) in [7, 11) is 0. The molecule has 6 nitrogen and oxygen atoms in total. The molecule has 1 amide bonds. The summed E-state index contributed by atoms with van der Waals surface area (Å²) in [5.41, 5.74) is 0. The van der Waals surface area contributed by atoms with E-state index < -0.39 is 12.1 Å². The van der Waals surface area contributed by atoms with Crippen molar-refractivity contribution < 1.29 is 24.2 Å². The van der Waals surface area contributed by atoms with Crippen molar-refractivity contribution in [3.05, 3.63) is 0 Å². The average Bonchev–Trinajstić information content (AvgIpc) is 2.36. The topological polar surface area (TPSA) is 84.9 Å². The Morgan fingerprint density at radius 2 is 2.11 bits per heavy atom. The zero-order chi connectivity index (χ0) is 13.4. The third-order valence-corrected chi connectivity index (χ3v) is 2.90. The Hall–Kier alpha value is -1.14. The van der Waals surface area contributed by atoms with Crippen LogP contribution in [0.2, 0.25) is 0 Å². The van der Waals surface area contributed by atoms with Crippen molar-refractivity contribution in [1.29, 1.82) is 0 Å². The van der Waals surface area contributed by atoms with E-state index in [2.05, 4.69) is 5.32 Å². The molecule has 18 heavy (non-hydrogen) atoms. The van der Waals surface area contributed by atoms with Crippen molar-refractivity contribution in [2.45, 2.75) is 32.3 Å². The van der Waals surface area contributed by atoms with E-state index in [-0.39, 0.29) is 24.8 Å². The van der Waals surface area contributed by atoms with Crippen molar-refractivity contribution in [3.8, 4) is 0 Å². The molecular formula is C12H21NO5. The van der Waals surface area contributed by atoms with Crippen LogP contribution in [0.15, 0.2) is 0 Å². The molecule has 1 fully saturated rings. The first-order valence-electron chi connectivity index (χ1n) is 6.32. The largest absolute Gasteiger partial charge is 0.481 e. The van der Waals surface area contributed by atoms with E-state index in [1.807, 2.05) is 0 Å². The van der Waals surface area contributed by atoms with Crippen LogP contribution >= 0.6 is 0 Å². The van der Waals surface area contributed by atoms with Crippen LogP contribution in [0.5, 0.6) is 0 Å². The number of carboxylic acids is 1. The van der Waals surface area contributed by atoms with E-state index in [0.717, 1.165) is 12.8 Å². The Labute approximate surface area is 107 Å². The van der Waals surface area contributed by atoms with Crippen LogP contribution in [-0.2, 0) is 19.1 Å². The molecule has 1 unspecified atom stereocenters. The summed E-state index contributed by atoms with van der Waals surface area (Å²) in [5.74, 6) is -0.979. The normalized spacial score (nSPS) is 18.3. The molecule has 1 aliphatic heterocycles. The molecule has 1 heterocycles. The number of carbonyl (C=O) groups excluding carboxylic acids is 1. The Balaban J connectivity index is 2.31. The molecule has 0 aromatic heterocycles. The lowest BCUT2D eigenvalue weighted by Gasteiger charge is -2.22. The van der Waals surface area contributed by atoms with Crippen LogP contribution in [0, 0.1) is 5.92 Å². The molecule has 0 bridgehead atoms. The lowest BCUT2D eigenvalue weighted by atomic mass is 9.99. The summed E-state index contributed by atoms with van der Waals surface area (Å²) in [6.45, 7) is 3.71. The Bertz CT molecular complexity index is 276. The van der Waals surface area contributed by atoms with E-state index in [9.17, 15) is 9.59 Å². The molecule has 0 spiro atoms. The summed E-state index contributed by atoms with van der Waals surface area (Å²) < 4.78 is 10.5. The second-order valence-electron chi connectivity index (χ2n) is 4.31. The third-order valence-electron chi connectivity index (χ3n) is 2.90. The maximum Gasteiger partial charge on any atom is 0.306 e. The zero-order valence-corrected chi connectivity index (χ0v) is 10.7. The summed E-state index contributed by atoms with van der Waals surface area (Å²) in [4.78, 5) is 22.4. The summed E-state index contributed by atoms with van der Waals surface area (Å²) in [6.07, 6.45) is 0.895. The second-order valence-corrected chi connectivity index (χ2v) is 4.31. The predicted octanol–water partition coefficient (Wildman–Crippen LogP) is 0.409. The molecule has 0 aromatic rings. The molecule has 6 heteroatoms. The van der Waals surface area contributed by atoms with Crippen LogP contribution in [0.3, 0.4) is 0 Å². The minimum atomic E-state index is -0.922. The minimum Gasteiger partial charge on any atom is -0.481 e. The van der Waals surface area contributed by atoms with Gasteiger partial charge in [0.1, 0.15) is 0 Å². The van der Waals surface area contributed by atoms with Crippen LogP contribution in [0.4, 0.5) is 0 Å². The number of hydrogen-bond acceptors (Lipinski definition) is 4. The van der Waals surface area contributed by atoms with Crippen molar-refractivity contribution in [3.63, 3.8) is 0 Å². The highest BCUT2D eigenvalue weighted by atomic mass is 16.5. The standard InChI is InChI=1S/C12H21NO5/c1-2-18-10(7-11(14)15)8-13-12(16)9-3-5-17-6-4-9/h9-10H,2-8H2,1H3,(H,13,16)(H,14,15). The quantitative estimate of drug-likeness (QED) is 0.691. The van der Waals surface area contributed by atoms with Gasteiger partial charge in [-0.15, -0.1) is 0 Å². The number of rotatable bonds is 7. The van der Waals surface area contributed by atoms with E-state index in [4.69, 9.17) is 14.6 Å². The number of carbonyl (C=O) groups is 2. The molecule has 1 rings (SSSR count). The molecule has 1 atom stereocenters. The monoisotopic (exact) mass is 259 g/mol. The fourth-order valence-electron chi connectivity index (χ4n) is 1.94. The lowest BCUT2D eigenvalue weighted by molar-refractivity contribution is -0.140. The molecule has 0 aliphatic carbocycles. The van der Waals surface area contributed by atoms with Gasteiger partial charge in [0.05, 0.1) is 12.5 Å². The van der Waals surface area contributed by atoms with Crippen molar-refractivity contribution in [2.24, 2.45) is 5.92 Å². The first-order chi connectivity index (χ1) is 8.63. The second kappa shape index (κ2) is 8.05. The van der Waals surface area contributed by atoms with Gasteiger partial charge in [0.25, 0.3) is 0 Å². The number of hydrogen-bond donors (Lipinski definition) is 2. The maximum atomic E-state index is 11.8. The summed E-state index contributed by atoms with van der Waals surface area (Å²) in [6, 6.07) is 0. The van der Waals surface area contributed by atoms with Gasteiger partial charge in [0, 0.05) is 32.3 Å². The van der Waals surface area contributed by atoms with Crippen molar-refractivity contribution >= 4 is 11.9 Å². The van der Waals surface area contributed by atoms with Crippen molar-refractivity contribution in [2.75, 3.05) is 26.4 Å². The van der Waals surface area contributed by atoms with Gasteiger partial charge in [-0.05, 0) is 19.8 Å². The van der Waals surface area contributed by atoms with E-state index in [1.54, 1.807) is 6.92 Å². The first-order valence-corrected chi connectivity index (χ1v) is 6.32. The molecule has 104 valence electrons. The number of ether oxygens (including phenoxy) is 2. The number of carboxylic acid groups (broad SMARTS) is 1. The number of aliphatic carboxylic acids is 1. The first kappa shape index (κ1) is 14.9. The molecule has 0 saturated carbocycles. The SMILES string of the molecule is CCOC(CNC(=O)C1CCOCC1)CC(=O)O. The molecular weight excluding hydrogens is 238 g/mol. The fraction of sp³-hybridized carbons (Fsp3) is 0.833. The van der Waals surface area contributed by atoms with Gasteiger partial charge in [-0.25, -0.2) is 0 Å². The third kappa shape index (κ3) is 5.46. The maximum absolute atomic E-state index is 11.8. The number of amides is 1. The lowest BCUT2D eigenvalue weighted by Crippen LogP contribution is -2.40. The minimum absolute atomic E-state index is 0.0224. The van der Waals surface area contributed by atoms with Crippen LogP contribution in [0.25, 0.3) is 0 Å². The van der Waals surface area contributed by atoms with Gasteiger partial charge in [-0.1, -0.05) is 0 Å². The van der Waals surface area contributed by atoms with Gasteiger partial charge >= 0.3 is 5.97 Å². The predicted molar refractivity (Wildman–Crippen MR) is 64.2 cm³/mol. The van der Waals surface area contributed by atoms with Crippen LogP contribution < -0.4 is 5.32 Å². The highest BCUT2D eigenvalue weighted by Gasteiger charge is 2.22. The van der Waals surface area contributed by atoms with Crippen molar-refractivity contribution in [1.82, 2.24) is 5.32 Å². The summed E-state index contributed by atoms with van der Waals surface area (Å²) in [5, 5.41) is 11.5. The van der Waals surface area contributed by atoms with Gasteiger partial charge in [0.15, 0.2) is 0 Å². The van der Waals surface area contributed by atoms with Crippen LogP contribution in [0.1, 0.15) is 26.2 Å². The van der Waals surface area contributed by atoms with E-state index in [1.165, 1.54) is 0 Å². The van der Waals surface area contributed by atoms with E-state index >= 15 is 0 Å². The molecule has 2 N–H and O–H groups in total. The van der Waals surface area contributed by atoms with E-state index in [0.29, 0.717) is 19.8 Å².